The van der Waals surface area contributed by atoms with E-state index in [1.54, 1.807) is 6.20 Å². The monoisotopic (exact) mass is 409 g/mol. The maximum Gasteiger partial charge on any atom is 0.267 e. The van der Waals surface area contributed by atoms with Gasteiger partial charge < -0.3 is 5.32 Å². The number of carbonyl (C=O) groups is 1. The number of carbonyl (C=O) groups excluding carboxylic acids is 1. The van der Waals surface area contributed by atoms with Crippen LogP contribution in [0.15, 0.2) is 79.0 Å². The van der Waals surface area contributed by atoms with Gasteiger partial charge in [0.05, 0.1) is 10.7 Å². The van der Waals surface area contributed by atoms with Gasteiger partial charge in [-0.15, -0.1) is 11.3 Å². The molecule has 0 aliphatic carbocycles. The molecule has 2 heterocycles. The maximum atomic E-state index is 12.8. The van der Waals surface area contributed by atoms with Crippen molar-refractivity contribution in [2.24, 2.45) is 0 Å². The van der Waals surface area contributed by atoms with Crippen LogP contribution < -0.4 is 5.32 Å². The van der Waals surface area contributed by atoms with E-state index >= 15 is 0 Å². The molecule has 0 saturated carbocycles. The third kappa shape index (κ3) is 4.99. The molecule has 0 bridgehead atoms. The molecule has 4 nitrogen and oxygen atoms in total. The summed E-state index contributed by atoms with van der Waals surface area (Å²) in [5.41, 5.74) is 4.14. The molecule has 0 saturated heterocycles. The number of thiazole rings is 1. The van der Waals surface area contributed by atoms with E-state index in [0.717, 1.165) is 22.7 Å². The molecule has 146 valence electrons. The van der Waals surface area contributed by atoms with E-state index in [-0.39, 0.29) is 5.91 Å². The number of pyridine rings is 1. The van der Waals surface area contributed by atoms with Crippen molar-refractivity contribution in [3.63, 3.8) is 0 Å². The van der Waals surface area contributed by atoms with Crippen LogP contribution in [0.3, 0.4) is 0 Å². The number of amides is 1. The lowest BCUT2D eigenvalue weighted by Gasteiger charge is -2.04. The van der Waals surface area contributed by atoms with E-state index in [4.69, 9.17) is 0 Å². The largest absolute Gasteiger partial charge is 0.321 e. The topological polar surface area (TPSA) is 54.9 Å². The summed E-state index contributed by atoms with van der Waals surface area (Å²) in [5, 5.41) is 3.89. The van der Waals surface area contributed by atoms with Crippen LogP contribution in [0.5, 0.6) is 0 Å². The van der Waals surface area contributed by atoms with Gasteiger partial charge in [-0.2, -0.15) is 0 Å². The molecular formula is C25H19N3OS. The molecule has 1 N–H and O–H groups in total. The van der Waals surface area contributed by atoms with Crippen molar-refractivity contribution in [1.82, 2.24) is 9.97 Å². The minimum Gasteiger partial charge on any atom is -0.321 e. The van der Waals surface area contributed by atoms with E-state index in [0.29, 0.717) is 16.3 Å². The summed E-state index contributed by atoms with van der Waals surface area (Å²) < 4.78 is 0. The number of benzene rings is 2. The number of hydrogen-bond donors (Lipinski definition) is 1. The Labute approximate surface area is 179 Å². The van der Waals surface area contributed by atoms with Crippen LogP contribution in [0.4, 0.5) is 5.69 Å². The van der Waals surface area contributed by atoms with E-state index in [1.807, 2.05) is 67.6 Å². The van der Waals surface area contributed by atoms with Crippen LogP contribution in [0, 0.1) is 18.8 Å². The van der Waals surface area contributed by atoms with Gasteiger partial charge in [-0.05, 0) is 48.7 Å². The molecule has 0 spiro atoms. The highest BCUT2D eigenvalue weighted by atomic mass is 32.1. The van der Waals surface area contributed by atoms with Gasteiger partial charge in [0.2, 0.25) is 0 Å². The highest BCUT2D eigenvalue weighted by molar-refractivity contribution is 7.14. The first-order chi connectivity index (χ1) is 14.7. The van der Waals surface area contributed by atoms with Gasteiger partial charge in [0.25, 0.3) is 5.91 Å². The van der Waals surface area contributed by atoms with E-state index in [9.17, 15) is 4.79 Å². The molecule has 0 unspecified atom stereocenters. The fourth-order valence-corrected chi connectivity index (χ4v) is 3.94. The third-order valence-electron chi connectivity index (χ3n) is 4.37. The molecule has 4 rings (SSSR count). The summed E-state index contributed by atoms with van der Waals surface area (Å²) in [6.07, 6.45) is 2.43. The standard InChI is InChI=1S/C25H19N3OS/c1-18-24(30-23(27-18)17-19-8-3-2-4-9-19)25(29)28-22-12-7-10-20(16-22)13-14-21-11-5-6-15-26-21/h2-12,15-16H,17H2,1H3,(H,28,29). The zero-order chi connectivity index (χ0) is 20.8. The normalized spacial score (nSPS) is 10.2. The molecule has 5 heteroatoms. The SMILES string of the molecule is Cc1nc(Cc2ccccc2)sc1C(=O)Nc1cccc(C#Cc2ccccn2)c1. The molecular weight excluding hydrogens is 390 g/mol. The second-order valence-electron chi connectivity index (χ2n) is 6.68. The molecule has 1 amide bonds. The number of aryl methyl sites for hydroxylation is 1. The second-order valence-corrected chi connectivity index (χ2v) is 7.77. The average Bonchev–Trinajstić information content (AvgIpc) is 3.14. The Morgan fingerprint density at radius 2 is 1.83 bits per heavy atom. The summed E-state index contributed by atoms with van der Waals surface area (Å²) in [7, 11) is 0. The van der Waals surface area contributed by atoms with Gasteiger partial charge >= 0.3 is 0 Å². The quantitative estimate of drug-likeness (QED) is 0.478. The second kappa shape index (κ2) is 9.17. The van der Waals surface area contributed by atoms with Crippen LogP contribution in [0.25, 0.3) is 0 Å². The van der Waals surface area contributed by atoms with Crippen LogP contribution in [-0.4, -0.2) is 15.9 Å². The van der Waals surface area contributed by atoms with Gasteiger partial charge in [0, 0.05) is 23.9 Å². The summed E-state index contributed by atoms with van der Waals surface area (Å²) in [4.78, 5) is 22.2. The Balaban J connectivity index is 1.47. The molecule has 0 radical (unpaired) electrons. The lowest BCUT2D eigenvalue weighted by atomic mass is 10.2. The number of aromatic nitrogens is 2. The minimum absolute atomic E-state index is 0.154. The fraction of sp³-hybridized carbons (Fsp3) is 0.0800. The third-order valence-corrected chi connectivity index (χ3v) is 5.52. The summed E-state index contributed by atoms with van der Waals surface area (Å²) >= 11 is 1.43. The number of hydrogen-bond acceptors (Lipinski definition) is 4. The van der Waals surface area contributed by atoms with E-state index < -0.39 is 0 Å². The predicted octanol–water partition coefficient (Wildman–Crippen LogP) is 5.09. The lowest BCUT2D eigenvalue weighted by molar-refractivity contribution is 0.103. The molecule has 4 aromatic rings. The Morgan fingerprint density at radius 3 is 2.63 bits per heavy atom. The molecule has 0 aliphatic heterocycles. The van der Waals surface area contributed by atoms with Gasteiger partial charge in [-0.1, -0.05) is 48.4 Å². The van der Waals surface area contributed by atoms with Gasteiger partial charge in [0.15, 0.2) is 0 Å². The van der Waals surface area contributed by atoms with Gasteiger partial charge in [-0.25, -0.2) is 9.97 Å². The molecule has 0 aliphatic rings. The Hall–Kier alpha value is -3.75. The molecule has 30 heavy (non-hydrogen) atoms. The predicted molar refractivity (Wildman–Crippen MR) is 121 cm³/mol. The summed E-state index contributed by atoms with van der Waals surface area (Å²) in [6, 6.07) is 23.2. The van der Waals surface area contributed by atoms with Crippen molar-refractivity contribution in [2.45, 2.75) is 13.3 Å². The fourth-order valence-electron chi connectivity index (χ4n) is 2.94. The zero-order valence-corrected chi connectivity index (χ0v) is 17.2. The first kappa shape index (κ1) is 19.6. The number of anilines is 1. The highest BCUT2D eigenvalue weighted by Gasteiger charge is 2.16. The smallest absolute Gasteiger partial charge is 0.267 e. The lowest BCUT2D eigenvalue weighted by Crippen LogP contribution is -2.11. The van der Waals surface area contributed by atoms with Gasteiger partial charge in [-0.3, -0.25) is 4.79 Å². The van der Waals surface area contributed by atoms with E-state index in [2.05, 4.69) is 39.3 Å². The van der Waals surface area contributed by atoms with Crippen molar-refractivity contribution in [2.75, 3.05) is 5.32 Å². The number of rotatable bonds is 4. The van der Waals surface area contributed by atoms with Crippen LogP contribution in [-0.2, 0) is 6.42 Å². The number of nitrogens with zero attached hydrogens (tertiary/aromatic N) is 2. The average molecular weight is 410 g/mol. The maximum absolute atomic E-state index is 12.8. The first-order valence-electron chi connectivity index (χ1n) is 9.52. The van der Waals surface area contributed by atoms with Crippen LogP contribution >= 0.6 is 11.3 Å². The molecule has 2 aromatic heterocycles. The Bertz CT molecular complexity index is 1220. The van der Waals surface area contributed by atoms with Crippen molar-refractivity contribution >= 4 is 22.9 Å². The van der Waals surface area contributed by atoms with Crippen molar-refractivity contribution in [3.05, 3.63) is 111 Å². The van der Waals surface area contributed by atoms with Gasteiger partial charge in [0.1, 0.15) is 10.6 Å². The highest BCUT2D eigenvalue weighted by Crippen LogP contribution is 2.22. The Morgan fingerprint density at radius 1 is 1.00 bits per heavy atom. The zero-order valence-electron chi connectivity index (χ0n) is 16.4. The molecule has 2 aromatic carbocycles. The minimum atomic E-state index is -0.154. The van der Waals surface area contributed by atoms with Crippen molar-refractivity contribution in [3.8, 4) is 11.8 Å². The van der Waals surface area contributed by atoms with Crippen molar-refractivity contribution in [1.29, 1.82) is 0 Å². The molecule has 0 atom stereocenters. The van der Waals surface area contributed by atoms with Crippen molar-refractivity contribution < 1.29 is 4.79 Å². The number of nitrogens with one attached hydrogen (secondary N) is 1. The molecule has 0 fully saturated rings. The van der Waals surface area contributed by atoms with Crippen LogP contribution in [0.2, 0.25) is 0 Å². The van der Waals surface area contributed by atoms with Crippen LogP contribution in [0.1, 0.15) is 37.2 Å². The Kier molecular flexibility index (Phi) is 5.98. The summed E-state index contributed by atoms with van der Waals surface area (Å²) in [6.45, 7) is 1.87. The summed E-state index contributed by atoms with van der Waals surface area (Å²) in [5.74, 6) is 5.96. The van der Waals surface area contributed by atoms with E-state index in [1.165, 1.54) is 16.9 Å². The first-order valence-corrected chi connectivity index (χ1v) is 10.3.